The van der Waals surface area contributed by atoms with Gasteiger partial charge in [0.2, 0.25) is 0 Å². The van der Waals surface area contributed by atoms with Crippen LogP contribution in [0.1, 0.15) is 18.4 Å². The molecule has 2 aromatic heterocycles. The minimum Gasteiger partial charge on any atom is -0.301 e. The molecule has 0 fully saturated rings. The lowest BCUT2D eigenvalue weighted by molar-refractivity contribution is 0.574. The highest BCUT2D eigenvalue weighted by molar-refractivity contribution is 8.13. The Morgan fingerprint density at radius 3 is 2.63 bits per heavy atom. The predicted octanol–water partition coefficient (Wildman–Crippen LogP) is 1.41. The van der Waals surface area contributed by atoms with E-state index in [2.05, 4.69) is 15.2 Å². The number of rotatable bonds is 5. The summed E-state index contributed by atoms with van der Waals surface area (Å²) >= 11 is 0. The number of halogens is 1. The van der Waals surface area contributed by atoms with Crippen molar-refractivity contribution >= 4 is 19.7 Å². The van der Waals surface area contributed by atoms with Crippen molar-refractivity contribution in [2.24, 2.45) is 0 Å². The molecule has 102 valence electrons. The van der Waals surface area contributed by atoms with E-state index in [-0.39, 0.29) is 5.16 Å². The summed E-state index contributed by atoms with van der Waals surface area (Å²) in [6, 6.07) is 5.66. The zero-order valence-corrected chi connectivity index (χ0v) is 11.9. The van der Waals surface area contributed by atoms with Crippen molar-refractivity contribution in [3.8, 4) is 0 Å². The third-order valence-electron chi connectivity index (χ3n) is 2.66. The van der Waals surface area contributed by atoms with Gasteiger partial charge in [-0.15, -0.1) is 10.2 Å². The van der Waals surface area contributed by atoms with Crippen LogP contribution in [-0.4, -0.2) is 28.2 Å². The Hall–Kier alpha value is -1.47. The van der Waals surface area contributed by atoms with Crippen LogP contribution in [0.25, 0.3) is 0 Å². The van der Waals surface area contributed by atoms with Gasteiger partial charge in [0.25, 0.3) is 14.2 Å². The topological polar surface area (TPSA) is 77.7 Å². The van der Waals surface area contributed by atoms with E-state index in [0.29, 0.717) is 25.2 Å². The maximum Gasteiger partial charge on any atom is 0.296 e. The van der Waals surface area contributed by atoms with E-state index in [1.54, 1.807) is 6.20 Å². The summed E-state index contributed by atoms with van der Waals surface area (Å²) in [5, 5.41) is 7.33. The van der Waals surface area contributed by atoms with Gasteiger partial charge < -0.3 is 4.57 Å². The van der Waals surface area contributed by atoms with Crippen molar-refractivity contribution < 1.29 is 8.42 Å². The number of aromatic nitrogens is 4. The van der Waals surface area contributed by atoms with E-state index in [9.17, 15) is 8.42 Å². The first-order valence-corrected chi connectivity index (χ1v) is 8.10. The highest BCUT2D eigenvalue weighted by Crippen LogP contribution is 2.15. The maximum atomic E-state index is 11.3. The van der Waals surface area contributed by atoms with Crippen molar-refractivity contribution in [1.29, 1.82) is 0 Å². The van der Waals surface area contributed by atoms with Crippen LogP contribution in [0, 0.1) is 0 Å². The molecule has 0 saturated carbocycles. The van der Waals surface area contributed by atoms with E-state index in [1.807, 2.05) is 25.1 Å². The first-order chi connectivity index (χ1) is 9.02. The molecule has 6 nitrogen and oxygen atoms in total. The van der Waals surface area contributed by atoms with Crippen molar-refractivity contribution in [3.63, 3.8) is 0 Å². The molecular weight excluding hydrogens is 288 g/mol. The molecule has 0 saturated heterocycles. The van der Waals surface area contributed by atoms with E-state index in [4.69, 9.17) is 10.7 Å². The molecule has 0 N–H and O–H groups in total. The van der Waals surface area contributed by atoms with Crippen LogP contribution in [0.4, 0.5) is 0 Å². The van der Waals surface area contributed by atoms with Crippen molar-refractivity contribution in [3.05, 3.63) is 35.9 Å². The number of nitrogens with zero attached hydrogens (tertiary/aromatic N) is 4. The zero-order valence-electron chi connectivity index (χ0n) is 10.3. The first-order valence-electron chi connectivity index (χ1n) is 5.79. The first kappa shape index (κ1) is 14.0. The smallest absolute Gasteiger partial charge is 0.296 e. The molecule has 0 radical (unpaired) electrons. The molecule has 0 spiro atoms. The Morgan fingerprint density at radius 2 is 2.05 bits per heavy atom. The van der Waals surface area contributed by atoms with Crippen LogP contribution < -0.4 is 0 Å². The van der Waals surface area contributed by atoms with Gasteiger partial charge in [0.05, 0.1) is 0 Å². The molecule has 0 atom stereocenters. The van der Waals surface area contributed by atoms with Gasteiger partial charge >= 0.3 is 0 Å². The molecule has 2 aromatic rings. The van der Waals surface area contributed by atoms with Gasteiger partial charge in [-0.25, -0.2) is 8.42 Å². The molecule has 0 aliphatic rings. The van der Waals surface area contributed by atoms with Gasteiger partial charge in [-0.1, -0.05) is 6.07 Å². The van der Waals surface area contributed by atoms with Gasteiger partial charge in [-0.3, -0.25) is 4.98 Å². The van der Waals surface area contributed by atoms with Crippen LogP contribution in [0.15, 0.2) is 29.6 Å². The molecule has 2 heterocycles. The van der Waals surface area contributed by atoms with Gasteiger partial charge in [0, 0.05) is 35.5 Å². The fourth-order valence-corrected chi connectivity index (χ4v) is 2.77. The van der Waals surface area contributed by atoms with E-state index >= 15 is 0 Å². The number of hydrogen-bond acceptors (Lipinski definition) is 5. The standard InChI is InChI=1S/C11H13ClN4O2S/c1-2-16-10(14-15-11(16)19(12,17)18)7-6-9-5-3-4-8-13-9/h3-5,8H,2,6-7H2,1H3. The summed E-state index contributed by atoms with van der Waals surface area (Å²) in [5.74, 6) is 0.590. The Bertz CT molecular complexity index is 655. The Kier molecular flexibility index (Phi) is 4.16. The summed E-state index contributed by atoms with van der Waals surface area (Å²) in [6.07, 6.45) is 2.94. The van der Waals surface area contributed by atoms with Crippen molar-refractivity contribution in [1.82, 2.24) is 19.7 Å². The molecule has 0 unspecified atom stereocenters. The lowest BCUT2D eigenvalue weighted by atomic mass is 10.2. The molecule has 0 aliphatic carbocycles. The Labute approximate surface area is 115 Å². The predicted molar refractivity (Wildman–Crippen MR) is 70.4 cm³/mol. The van der Waals surface area contributed by atoms with Crippen LogP contribution in [0.5, 0.6) is 0 Å². The highest BCUT2D eigenvalue weighted by Gasteiger charge is 2.21. The second-order valence-corrected chi connectivity index (χ2v) is 6.36. The molecule has 0 aliphatic heterocycles. The lowest BCUT2D eigenvalue weighted by Crippen LogP contribution is -2.09. The van der Waals surface area contributed by atoms with E-state index < -0.39 is 9.05 Å². The van der Waals surface area contributed by atoms with Crippen LogP contribution in [0.2, 0.25) is 0 Å². The number of hydrogen-bond donors (Lipinski definition) is 0. The molecule has 0 amide bonds. The second kappa shape index (κ2) is 5.66. The molecule has 0 bridgehead atoms. The van der Waals surface area contributed by atoms with Gasteiger partial charge in [0.1, 0.15) is 5.82 Å². The molecule has 2 rings (SSSR count). The third kappa shape index (κ3) is 3.30. The Balaban J connectivity index is 2.20. The maximum absolute atomic E-state index is 11.3. The monoisotopic (exact) mass is 300 g/mol. The summed E-state index contributed by atoms with van der Waals surface area (Å²) in [7, 11) is 1.45. The van der Waals surface area contributed by atoms with E-state index in [0.717, 1.165) is 5.69 Å². The van der Waals surface area contributed by atoms with E-state index in [1.165, 1.54) is 4.57 Å². The average molecular weight is 301 g/mol. The minimum absolute atomic E-state index is 0.201. The second-order valence-electron chi connectivity index (χ2n) is 3.90. The van der Waals surface area contributed by atoms with Crippen LogP contribution >= 0.6 is 10.7 Å². The zero-order chi connectivity index (χ0) is 13.9. The summed E-state index contributed by atoms with van der Waals surface area (Å²) in [4.78, 5) is 4.20. The van der Waals surface area contributed by atoms with Crippen LogP contribution in [0.3, 0.4) is 0 Å². The fourth-order valence-electron chi connectivity index (χ4n) is 1.79. The molecule has 19 heavy (non-hydrogen) atoms. The van der Waals surface area contributed by atoms with Crippen molar-refractivity contribution in [2.45, 2.75) is 31.5 Å². The van der Waals surface area contributed by atoms with Gasteiger partial charge in [-0.05, 0) is 25.5 Å². The normalized spacial score (nSPS) is 11.7. The summed E-state index contributed by atoms with van der Waals surface area (Å²) in [6.45, 7) is 2.27. The summed E-state index contributed by atoms with van der Waals surface area (Å²) < 4.78 is 24.2. The quantitative estimate of drug-likeness (QED) is 0.780. The minimum atomic E-state index is -3.86. The van der Waals surface area contributed by atoms with Gasteiger partial charge in [0.15, 0.2) is 0 Å². The SMILES string of the molecule is CCn1c(CCc2ccccn2)nnc1S(=O)(=O)Cl. The molecule has 8 heteroatoms. The molecule has 0 aromatic carbocycles. The number of pyridine rings is 1. The fraction of sp³-hybridized carbons (Fsp3) is 0.364. The highest BCUT2D eigenvalue weighted by atomic mass is 35.7. The van der Waals surface area contributed by atoms with Crippen molar-refractivity contribution in [2.75, 3.05) is 0 Å². The van der Waals surface area contributed by atoms with Crippen LogP contribution in [-0.2, 0) is 28.4 Å². The molecular formula is C11H13ClN4O2S. The Morgan fingerprint density at radius 1 is 1.26 bits per heavy atom. The van der Waals surface area contributed by atoms with Gasteiger partial charge in [-0.2, -0.15) is 0 Å². The third-order valence-corrected chi connectivity index (χ3v) is 3.81. The lowest BCUT2D eigenvalue weighted by Gasteiger charge is -2.05. The average Bonchev–Trinajstić information content (AvgIpc) is 2.80. The summed E-state index contributed by atoms with van der Waals surface area (Å²) in [5.41, 5.74) is 0.920. The number of aryl methyl sites for hydroxylation is 2. The largest absolute Gasteiger partial charge is 0.301 e.